The van der Waals surface area contributed by atoms with Crippen molar-refractivity contribution in [1.29, 1.82) is 0 Å². The minimum Gasteiger partial charge on any atom is -0.369 e. The Kier molecular flexibility index (Phi) is 5.24. The number of aromatic nitrogens is 6. The second-order valence-corrected chi connectivity index (χ2v) is 7.89. The van der Waals surface area contributed by atoms with Crippen molar-refractivity contribution in [3.8, 4) is 5.82 Å². The van der Waals surface area contributed by atoms with Gasteiger partial charge in [-0.25, -0.2) is 27.8 Å². The van der Waals surface area contributed by atoms with E-state index in [0.29, 0.717) is 29.6 Å². The molecule has 0 aliphatic carbocycles. The molecule has 0 radical (unpaired) electrons. The lowest BCUT2D eigenvalue weighted by Crippen LogP contribution is -2.29. The highest BCUT2D eigenvalue weighted by Gasteiger charge is 2.21. The number of sulfonamides is 1. The highest BCUT2D eigenvalue weighted by molar-refractivity contribution is 7.89. The largest absolute Gasteiger partial charge is 0.369 e. The molecule has 0 amide bonds. The molecule has 0 unspecified atom stereocenters. The first-order valence-corrected chi connectivity index (χ1v) is 9.87. The second kappa shape index (κ2) is 7.45. The molecule has 0 fully saturated rings. The van der Waals surface area contributed by atoms with Crippen LogP contribution in [0.4, 0.5) is 5.82 Å². The summed E-state index contributed by atoms with van der Waals surface area (Å²) in [5.74, 6) is 1.23. The maximum absolute atomic E-state index is 12.4. The first-order chi connectivity index (χ1) is 12.8. The number of aromatic amines is 1. The van der Waals surface area contributed by atoms with Gasteiger partial charge < -0.3 is 5.32 Å². The first-order valence-electron chi connectivity index (χ1n) is 8.39. The number of H-pyrrole nitrogens is 1. The van der Waals surface area contributed by atoms with Crippen LogP contribution < -0.4 is 10.0 Å². The van der Waals surface area contributed by atoms with Crippen LogP contribution in [0.25, 0.3) is 5.82 Å². The Morgan fingerprint density at radius 2 is 1.89 bits per heavy atom. The monoisotopic (exact) mass is 390 g/mol. The maximum atomic E-state index is 12.4. The summed E-state index contributed by atoms with van der Waals surface area (Å²) in [4.78, 5) is 8.58. The Labute approximate surface area is 157 Å². The molecule has 3 aromatic heterocycles. The van der Waals surface area contributed by atoms with Crippen LogP contribution in [0.15, 0.2) is 23.4 Å². The van der Waals surface area contributed by atoms with E-state index in [4.69, 9.17) is 0 Å². The number of aryl methyl sites for hydroxylation is 4. The Hall–Kier alpha value is -2.79. The average molecular weight is 390 g/mol. The van der Waals surface area contributed by atoms with Gasteiger partial charge in [0, 0.05) is 24.8 Å². The quantitative estimate of drug-likeness (QED) is 0.513. The zero-order valence-corrected chi connectivity index (χ0v) is 16.4. The normalized spacial score (nSPS) is 11.7. The number of hydrogen-bond donors (Lipinski definition) is 3. The fraction of sp³-hybridized carbons (Fsp3) is 0.375. The van der Waals surface area contributed by atoms with Gasteiger partial charge in [-0.15, -0.1) is 0 Å². The lowest BCUT2D eigenvalue weighted by atomic mass is 10.4. The van der Waals surface area contributed by atoms with E-state index in [-0.39, 0.29) is 11.4 Å². The maximum Gasteiger partial charge on any atom is 0.244 e. The predicted molar refractivity (Wildman–Crippen MR) is 100 cm³/mol. The molecule has 10 nitrogen and oxygen atoms in total. The van der Waals surface area contributed by atoms with Crippen LogP contribution in [0.2, 0.25) is 0 Å². The van der Waals surface area contributed by atoms with Gasteiger partial charge in [-0.3, -0.25) is 5.10 Å². The van der Waals surface area contributed by atoms with Crippen molar-refractivity contribution in [2.24, 2.45) is 0 Å². The van der Waals surface area contributed by atoms with Crippen LogP contribution in [0.3, 0.4) is 0 Å². The Morgan fingerprint density at radius 3 is 2.52 bits per heavy atom. The van der Waals surface area contributed by atoms with E-state index in [1.54, 1.807) is 24.6 Å². The molecule has 0 bridgehead atoms. The molecule has 0 atom stereocenters. The van der Waals surface area contributed by atoms with Crippen LogP contribution >= 0.6 is 0 Å². The fourth-order valence-electron chi connectivity index (χ4n) is 2.81. The highest BCUT2D eigenvalue weighted by atomic mass is 32.2. The summed E-state index contributed by atoms with van der Waals surface area (Å²) >= 11 is 0. The summed E-state index contributed by atoms with van der Waals surface area (Å²) in [5, 5.41) is 14.1. The van der Waals surface area contributed by atoms with Crippen molar-refractivity contribution in [2.45, 2.75) is 32.6 Å². The van der Waals surface area contributed by atoms with Gasteiger partial charge in [0.15, 0.2) is 5.82 Å². The van der Waals surface area contributed by atoms with E-state index in [1.165, 1.54) is 6.33 Å². The highest BCUT2D eigenvalue weighted by Crippen LogP contribution is 2.16. The smallest absolute Gasteiger partial charge is 0.244 e. The molecule has 144 valence electrons. The van der Waals surface area contributed by atoms with Crippen LogP contribution in [-0.4, -0.2) is 51.5 Å². The number of anilines is 1. The molecule has 0 aliphatic rings. The van der Waals surface area contributed by atoms with E-state index in [0.717, 1.165) is 11.4 Å². The van der Waals surface area contributed by atoms with Crippen molar-refractivity contribution in [3.63, 3.8) is 0 Å². The van der Waals surface area contributed by atoms with Gasteiger partial charge >= 0.3 is 0 Å². The van der Waals surface area contributed by atoms with Gasteiger partial charge in [0.25, 0.3) is 0 Å². The summed E-state index contributed by atoms with van der Waals surface area (Å²) in [7, 11) is -3.62. The lowest BCUT2D eigenvalue weighted by molar-refractivity contribution is 0.581. The molecule has 3 rings (SSSR count). The first kappa shape index (κ1) is 19.0. The number of nitrogens with one attached hydrogen (secondary N) is 3. The van der Waals surface area contributed by atoms with Gasteiger partial charge in [0.05, 0.1) is 17.1 Å². The number of nitrogens with zero attached hydrogens (tertiary/aromatic N) is 5. The van der Waals surface area contributed by atoms with E-state index in [2.05, 4.69) is 35.3 Å². The number of hydrogen-bond acceptors (Lipinski definition) is 7. The van der Waals surface area contributed by atoms with E-state index >= 15 is 0 Å². The third kappa shape index (κ3) is 4.14. The van der Waals surface area contributed by atoms with Crippen LogP contribution in [-0.2, 0) is 10.0 Å². The van der Waals surface area contributed by atoms with Crippen LogP contribution in [0.5, 0.6) is 0 Å². The minimum absolute atomic E-state index is 0.191. The van der Waals surface area contributed by atoms with Crippen molar-refractivity contribution < 1.29 is 8.42 Å². The summed E-state index contributed by atoms with van der Waals surface area (Å²) in [5.41, 5.74) is 2.83. The molecule has 3 aromatic rings. The lowest BCUT2D eigenvalue weighted by Gasteiger charge is -2.09. The van der Waals surface area contributed by atoms with Gasteiger partial charge in [-0.2, -0.15) is 10.2 Å². The fourth-order valence-corrected chi connectivity index (χ4v) is 4.20. The van der Waals surface area contributed by atoms with Crippen LogP contribution in [0.1, 0.15) is 22.8 Å². The van der Waals surface area contributed by atoms with E-state index < -0.39 is 10.0 Å². The van der Waals surface area contributed by atoms with Gasteiger partial charge in [-0.1, -0.05) is 0 Å². The summed E-state index contributed by atoms with van der Waals surface area (Å²) in [6.07, 6.45) is 1.44. The molecule has 3 N–H and O–H groups in total. The van der Waals surface area contributed by atoms with Gasteiger partial charge in [-0.05, 0) is 33.8 Å². The molecule has 0 saturated heterocycles. The van der Waals surface area contributed by atoms with E-state index in [1.807, 2.05) is 19.9 Å². The zero-order chi connectivity index (χ0) is 19.6. The SMILES string of the molecule is Cc1cc(C)n(-c2cc(NCCNS(=O)(=O)c3c(C)n[nH]c3C)ncn2)n1. The van der Waals surface area contributed by atoms with Crippen molar-refractivity contribution >= 4 is 15.8 Å². The molecule has 11 heteroatoms. The van der Waals surface area contributed by atoms with E-state index in [9.17, 15) is 8.42 Å². The molecule has 27 heavy (non-hydrogen) atoms. The zero-order valence-electron chi connectivity index (χ0n) is 15.6. The third-order valence-electron chi connectivity index (χ3n) is 3.93. The molecule has 0 saturated carbocycles. The van der Waals surface area contributed by atoms with Crippen molar-refractivity contribution in [2.75, 3.05) is 18.4 Å². The Bertz CT molecular complexity index is 1030. The third-order valence-corrected chi connectivity index (χ3v) is 5.65. The Balaban J connectivity index is 1.61. The minimum atomic E-state index is -3.62. The topological polar surface area (TPSA) is 130 Å². The molecule has 3 heterocycles. The molecule has 0 aliphatic heterocycles. The standard InChI is InChI=1S/C16H22N8O2S/c1-10-7-11(2)24(23-10)15-8-14(18-9-19-15)17-5-6-20-27(25,26)16-12(3)21-22-13(16)4/h7-9,20H,5-6H2,1-4H3,(H,21,22)(H,17,18,19). The van der Waals surface area contributed by atoms with Crippen LogP contribution in [0, 0.1) is 27.7 Å². The molecular formula is C16H22N8O2S. The average Bonchev–Trinajstić information content (AvgIpc) is 3.13. The number of rotatable bonds is 7. The molecule has 0 aromatic carbocycles. The van der Waals surface area contributed by atoms with Crippen molar-refractivity contribution in [1.82, 2.24) is 34.7 Å². The van der Waals surface area contributed by atoms with Gasteiger partial charge in [0.2, 0.25) is 10.0 Å². The van der Waals surface area contributed by atoms with Gasteiger partial charge in [0.1, 0.15) is 17.0 Å². The Morgan fingerprint density at radius 1 is 1.11 bits per heavy atom. The summed E-state index contributed by atoms with van der Waals surface area (Å²) in [6.45, 7) is 7.75. The van der Waals surface area contributed by atoms with Crippen molar-refractivity contribution in [3.05, 3.63) is 41.2 Å². The molecule has 0 spiro atoms. The molecular weight excluding hydrogens is 368 g/mol. The summed E-state index contributed by atoms with van der Waals surface area (Å²) in [6, 6.07) is 3.72. The second-order valence-electron chi connectivity index (χ2n) is 6.19. The summed E-state index contributed by atoms with van der Waals surface area (Å²) < 4.78 is 29.1. The predicted octanol–water partition coefficient (Wildman–Crippen LogP) is 1.01.